The van der Waals surface area contributed by atoms with Crippen LogP contribution < -0.4 is 10.6 Å². The molecule has 2 nitrogen and oxygen atoms in total. The van der Waals surface area contributed by atoms with Gasteiger partial charge < -0.3 is 10.6 Å². The Balaban J connectivity index is 2.34. The zero-order chi connectivity index (χ0) is 12.3. The van der Waals surface area contributed by atoms with Gasteiger partial charge in [-0.25, -0.2) is 0 Å². The summed E-state index contributed by atoms with van der Waals surface area (Å²) in [4.78, 5) is 1.31. The molecular formula is C13H15BrN2S. The molecule has 2 aromatic rings. The van der Waals surface area contributed by atoms with Gasteiger partial charge in [-0.2, -0.15) is 0 Å². The Morgan fingerprint density at radius 1 is 1.24 bits per heavy atom. The number of nitrogens with one attached hydrogen (secondary N) is 2. The van der Waals surface area contributed by atoms with Crippen LogP contribution in [-0.2, 0) is 0 Å². The Morgan fingerprint density at radius 3 is 2.65 bits per heavy atom. The second kappa shape index (κ2) is 5.67. The van der Waals surface area contributed by atoms with E-state index in [4.69, 9.17) is 0 Å². The monoisotopic (exact) mass is 310 g/mol. The predicted molar refractivity (Wildman–Crippen MR) is 78.9 cm³/mol. The van der Waals surface area contributed by atoms with E-state index >= 15 is 0 Å². The zero-order valence-corrected chi connectivity index (χ0v) is 12.2. The highest BCUT2D eigenvalue weighted by molar-refractivity contribution is 9.10. The summed E-state index contributed by atoms with van der Waals surface area (Å²) in [5.74, 6) is 0. The SMILES string of the molecule is CNc1cccc(C(NC)c2cc(Br)cs2)c1. The maximum atomic E-state index is 3.50. The van der Waals surface area contributed by atoms with Crippen LogP contribution in [0.4, 0.5) is 5.69 Å². The first-order valence-corrected chi connectivity index (χ1v) is 7.10. The molecule has 0 fully saturated rings. The lowest BCUT2D eigenvalue weighted by Crippen LogP contribution is -2.16. The molecule has 0 spiro atoms. The molecule has 0 amide bonds. The summed E-state index contributed by atoms with van der Waals surface area (Å²) < 4.78 is 1.14. The van der Waals surface area contributed by atoms with E-state index in [0.717, 1.165) is 10.2 Å². The van der Waals surface area contributed by atoms with Crippen molar-refractivity contribution in [3.05, 3.63) is 50.6 Å². The zero-order valence-electron chi connectivity index (χ0n) is 9.83. The van der Waals surface area contributed by atoms with Crippen molar-refractivity contribution in [3.8, 4) is 0 Å². The van der Waals surface area contributed by atoms with E-state index in [0.29, 0.717) is 0 Å². The molecule has 2 N–H and O–H groups in total. The van der Waals surface area contributed by atoms with E-state index in [2.05, 4.69) is 62.3 Å². The molecule has 0 aliphatic heterocycles. The van der Waals surface area contributed by atoms with Gasteiger partial charge in [0.2, 0.25) is 0 Å². The van der Waals surface area contributed by atoms with Gasteiger partial charge in [-0.1, -0.05) is 12.1 Å². The van der Waals surface area contributed by atoms with Crippen molar-refractivity contribution in [1.82, 2.24) is 5.32 Å². The highest BCUT2D eigenvalue weighted by atomic mass is 79.9. The van der Waals surface area contributed by atoms with Crippen LogP contribution in [-0.4, -0.2) is 14.1 Å². The molecule has 1 atom stereocenters. The predicted octanol–water partition coefficient (Wildman–Crippen LogP) is 3.86. The van der Waals surface area contributed by atoms with Gasteiger partial charge in [-0.15, -0.1) is 11.3 Å². The third kappa shape index (κ3) is 2.89. The smallest absolute Gasteiger partial charge is 0.0669 e. The number of hydrogen-bond acceptors (Lipinski definition) is 3. The van der Waals surface area contributed by atoms with Gasteiger partial charge in [0.15, 0.2) is 0 Å². The molecule has 17 heavy (non-hydrogen) atoms. The van der Waals surface area contributed by atoms with Gasteiger partial charge in [0, 0.05) is 27.5 Å². The van der Waals surface area contributed by atoms with Crippen molar-refractivity contribution >= 4 is 33.0 Å². The molecule has 0 aliphatic rings. The highest BCUT2D eigenvalue weighted by Gasteiger charge is 2.14. The standard InChI is InChI=1S/C13H15BrN2S/c1-15-11-5-3-4-9(6-11)13(16-2)12-7-10(14)8-17-12/h3-8,13,15-16H,1-2H3. The normalized spacial score (nSPS) is 12.4. The molecule has 2 rings (SSSR count). The van der Waals surface area contributed by atoms with Crippen molar-refractivity contribution in [2.24, 2.45) is 0 Å². The van der Waals surface area contributed by atoms with Crippen LogP contribution in [0.1, 0.15) is 16.5 Å². The number of hydrogen-bond donors (Lipinski definition) is 2. The number of anilines is 1. The summed E-state index contributed by atoms with van der Waals surface area (Å²) in [5.41, 5.74) is 2.41. The number of halogens is 1. The number of thiophene rings is 1. The van der Waals surface area contributed by atoms with E-state index in [1.54, 1.807) is 11.3 Å². The largest absolute Gasteiger partial charge is 0.388 e. The fraction of sp³-hybridized carbons (Fsp3) is 0.231. The molecule has 0 saturated heterocycles. The highest BCUT2D eigenvalue weighted by Crippen LogP contribution is 2.30. The molecule has 1 aromatic carbocycles. The van der Waals surface area contributed by atoms with Gasteiger partial charge in [0.25, 0.3) is 0 Å². The maximum Gasteiger partial charge on any atom is 0.0669 e. The van der Waals surface area contributed by atoms with Gasteiger partial charge >= 0.3 is 0 Å². The Hall–Kier alpha value is -0.840. The fourth-order valence-electron chi connectivity index (χ4n) is 1.83. The van der Waals surface area contributed by atoms with Crippen LogP contribution in [0, 0.1) is 0 Å². The lowest BCUT2D eigenvalue weighted by molar-refractivity contribution is 0.704. The maximum absolute atomic E-state index is 3.50. The summed E-state index contributed by atoms with van der Waals surface area (Å²) in [6.45, 7) is 0. The van der Waals surface area contributed by atoms with Crippen LogP contribution in [0.25, 0.3) is 0 Å². The van der Waals surface area contributed by atoms with E-state index in [1.807, 2.05) is 14.1 Å². The second-order valence-corrected chi connectivity index (χ2v) is 5.62. The van der Waals surface area contributed by atoms with E-state index in [9.17, 15) is 0 Å². The molecule has 0 aliphatic carbocycles. The van der Waals surface area contributed by atoms with Gasteiger partial charge in [-0.05, 0) is 46.7 Å². The minimum Gasteiger partial charge on any atom is -0.388 e. The van der Waals surface area contributed by atoms with Gasteiger partial charge in [0.05, 0.1) is 6.04 Å². The molecule has 1 heterocycles. The minimum atomic E-state index is 0.250. The first-order chi connectivity index (χ1) is 8.24. The van der Waals surface area contributed by atoms with Crippen molar-refractivity contribution in [3.63, 3.8) is 0 Å². The quantitative estimate of drug-likeness (QED) is 0.896. The molecule has 1 unspecified atom stereocenters. The van der Waals surface area contributed by atoms with Crippen molar-refractivity contribution < 1.29 is 0 Å². The third-order valence-electron chi connectivity index (χ3n) is 2.67. The Kier molecular flexibility index (Phi) is 4.20. The van der Waals surface area contributed by atoms with E-state index < -0.39 is 0 Å². The summed E-state index contributed by atoms with van der Waals surface area (Å²) in [6.07, 6.45) is 0. The molecule has 0 saturated carbocycles. The summed E-state index contributed by atoms with van der Waals surface area (Å²) in [7, 11) is 3.93. The average molecular weight is 311 g/mol. The van der Waals surface area contributed by atoms with Crippen molar-refractivity contribution in [2.75, 3.05) is 19.4 Å². The van der Waals surface area contributed by atoms with Crippen LogP contribution in [0.2, 0.25) is 0 Å². The van der Waals surface area contributed by atoms with Crippen LogP contribution in [0.5, 0.6) is 0 Å². The Morgan fingerprint density at radius 2 is 2.06 bits per heavy atom. The summed E-state index contributed by atoms with van der Waals surface area (Å²) >= 11 is 5.26. The molecule has 1 aromatic heterocycles. The first-order valence-electron chi connectivity index (χ1n) is 5.43. The molecule has 0 bridgehead atoms. The lowest BCUT2D eigenvalue weighted by Gasteiger charge is -2.16. The minimum absolute atomic E-state index is 0.250. The third-order valence-corrected chi connectivity index (χ3v) is 4.43. The number of benzene rings is 1. The summed E-state index contributed by atoms with van der Waals surface area (Å²) in [5, 5.41) is 8.64. The lowest BCUT2D eigenvalue weighted by atomic mass is 10.0. The molecular weight excluding hydrogens is 296 g/mol. The molecule has 4 heteroatoms. The van der Waals surface area contributed by atoms with Crippen LogP contribution >= 0.6 is 27.3 Å². The van der Waals surface area contributed by atoms with E-state index in [-0.39, 0.29) is 6.04 Å². The van der Waals surface area contributed by atoms with Crippen molar-refractivity contribution in [2.45, 2.75) is 6.04 Å². The number of rotatable bonds is 4. The average Bonchev–Trinajstić information content (AvgIpc) is 2.77. The molecule has 0 radical (unpaired) electrons. The van der Waals surface area contributed by atoms with Crippen molar-refractivity contribution in [1.29, 1.82) is 0 Å². The van der Waals surface area contributed by atoms with Gasteiger partial charge in [0.1, 0.15) is 0 Å². The van der Waals surface area contributed by atoms with Crippen LogP contribution in [0.15, 0.2) is 40.2 Å². The summed E-state index contributed by atoms with van der Waals surface area (Å²) in [6, 6.07) is 10.9. The Labute approximate surface area is 114 Å². The van der Waals surface area contributed by atoms with E-state index in [1.165, 1.54) is 10.4 Å². The van der Waals surface area contributed by atoms with Gasteiger partial charge in [-0.3, -0.25) is 0 Å². The topological polar surface area (TPSA) is 24.1 Å². The fourth-order valence-corrected chi connectivity index (χ4v) is 3.41. The van der Waals surface area contributed by atoms with Crippen LogP contribution in [0.3, 0.4) is 0 Å². The molecule has 90 valence electrons. The first kappa shape index (κ1) is 12.6. The second-order valence-electron chi connectivity index (χ2n) is 3.76. The Bertz CT molecular complexity index is 496.